The number of urea groups is 1. The third-order valence-electron chi connectivity index (χ3n) is 3.13. The molecule has 0 heterocycles. The van der Waals surface area contributed by atoms with Gasteiger partial charge in [-0.1, -0.05) is 11.6 Å². The number of rotatable bonds is 6. The molecule has 150 valence electrons. The maximum Gasteiger partial charge on any atom is 0.339 e. The third kappa shape index (κ3) is 6.97. The minimum atomic E-state index is -1.19. The number of carbonyl (C=O) groups is 3. The molecule has 1 aromatic rings. The Balaban J connectivity index is 2.82. The fourth-order valence-electron chi connectivity index (χ4n) is 1.99. The van der Waals surface area contributed by atoms with Crippen molar-refractivity contribution >= 4 is 29.5 Å². The Bertz CT molecular complexity index is 715. The smallest absolute Gasteiger partial charge is 0.339 e. The molecule has 27 heavy (non-hydrogen) atoms. The Morgan fingerprint density at radius 3 is 2.37 bits per heavy atom. The number of nitrogens with one attached hydrogen (secondary N) is 2. The van der Waals surface area contributed by atoms with Gasteiger partial charge in [-0.15, -0.1) is 0 Å². The molecule has 0 spiro atoms. The number of halogens is 1. The lowest BCUT2D eigenvalue weighted by Crippen LogP contribution is -2.50. The van der Waals surface area contributed by atoms with Gasteiger partial charge in [-0.2, -0.15) is 0 Å². The summed E-state index contributed by atoms with van der Waals surface area (Å²) < 4.78 is 15.6. The van der Waals surface area contributed by atoms with E-state index in [0.717, 1.165) is 0 Å². The van der Waals surface area contributed by atoms with Crippen LogP contribution in [0.1, 0.15) is 45.0 Å². The molecule has 2 N–H and O–H groups in total. The number of imide groups is 1. The van der Waals surface area contributed by atoms with Crippen molar-refractivity contribution in [1.29, 1.82) is 0 Å². The number of carbonyl (C=O) groups excluding carboxylic acids is 3. The highest BCUT2D eigenvalue weighted by Gasteiger charge is 2.24. The van der Waals surface area contributed by atoms with Gasteiger partial charge in [-0.05, 0) is 46.8 Å². The molecule has 3 amide bonds. The van der Waals surface area contributed by atoms with Gasteiger partial charge in [0, 0.05) is 5.54 Å². The Hall–Kier alpha value is -2.48. The summed E-state index contributed by atoms with van der Waals surface area (Å²) in [6.07, 6.45) is -1.19. The molecule has 8 nitrogen and oxygen atoms in total. The van der Waals surface area contributed by atoms with Crippen molar-refractivity contribution in [2.45, 2.75) is 46.3 Å². The molecule has 0 aromatic heterocycles. The molecule has 0 aliphatic heterocycles. The lowest BCUT2D eigenvalue weighted by molar-refractivity contribution is -0.127. The molecule has 0 fully saturated rings. The van der Waals surface area contributed by atoms with Crippen LogP contribution in [0.25, 0.3) is 0 Å². The molecule has 0 saturated carbocycles. The van der Waals surface area contributed by atoms with Crippen molar-refractivity contribution in [3.8, 4) is 11.5 Å². The average Bonchev–Trinajstić information content (AvgIpc) is 2.54. The zero-order valence-electron chi connectivity index (χ0n) is 16.3. The zero-order valence-corrected chi connectivity index (χ0v) is 17.0. The van der Waals surface area contributed by atoms with Gasteiger partial charge < -0.3 is 19.5 Å². The maximum atomic E-state index is 12.3. The second-order valence-electron chi connectivity index (χ2n) is 6.66. The molecule has 1 unspecified atom stereocenters. The molecule has 1 aromatic carbocycles. The minimum Gasteiger partial charge on any atom is -0.493 e. The van der Waals surface area contributed by atoms with E-state index >= 15 is 0 Å². The van der Waals surface area contributed by atoms with Gasteiger partial charge in [-0.25, -0.2) is 9.59 Å². The van der Waals surface area contributed by atoms with Gasteiger partial charge in [0.15, 0.2) is 17.6 Å². The van der Waals surface area contributed by atoms with Crippen LogP contribution in [0.4, 0.5) is 4.79 Å². The molecule has 1 atom stereocenters. The topological polar surface area (TPSA) is 103 Å². The maximum absolute atomic E-state index is 12.3. The fraction of sp³-hybridized carbons (Fsp3) is 0.500. The summed E-state index contributed by atoms with van der Waals surface area (Å²) >= 11 is 6.12. The summed E-state index contributed by atoms with van der Waals surface area (Å²) in [6, 6.07) is 2.07. The zero-order chi connectivity index (χ0) is 20.8. The second-order valence-corrected chi connectivity index (χ2v) is 7.07. The van der Waals surface area contributed by atoms with Crippen molar-refractivity contribution in [1.82, 2.24) is 10.6 Å². The van der Waals surface area contributed by atoms with Gasteiger partial charge in [-0.3, -0.25) is 10.1 Å². The average molecular weight is 401 g/mol. The monoisotopic (exact) mass is 400 g/mol. The van der Waals surface area contributed by atoms with E-state index in [4.69, 9.17) is 25.8 Å². The number of benzene rings is 1. The summed E-state index contributed by atoms with van der Waals surface area (Å²) in [5.41, 5.74) is -0.432. The van der Waals surface area contributed by atoms with Gasteiger partial charge in [0.05, 0.1) is 24.3 Å². The van der Waals surface area contributed by atoms with Crippen molar-refractivity contribution in [3.05, 3.63) is 22.7 Å². The first-order valence-corrected chi connectivity index (χ1v) is 8.70. The highest BCUT2D eigenvalue weighted by Crippen LogP contribution is 2.36. The van der Waals surface area contributed by atoms with E-state index < -0.39 is 29.6 Å². The van der Waals surface area contributed by atoms with Crippen molar-refractivity contribution in [3.63, 3.8) is 0 Å². The molecule has 9 heteroatoms. The summed E-state index contributed by atoms with van der Waals surface area (Å²) in [5.74, 6) is -0.980. The number of hydrogen-bond acceptors (Lipinski definition) is 6. The summed E-state index contributed by atoms with van der Waals surface area (Å²) in [5, 5.41) is 4.86. The summed E-state index contributed by atoms with van der Waals surface area (Å²) in [4.78, 5) is 36.0. The first-order valence-electron chi connectivity index (χ1n) is 8.32. The number of esters is 1. The van der Waals surface area contributed by atoms with E-state index in [2.05, 4.69) is 10.6 Å². The Morgan fingerprint density at radius 1 is 1.22 bits per heavy atom. The molecule has 0 aliphatic rings. The fourth-order valence-corrected chi connectivity index (χ4v) is 2.25. The normalized spacial score (nSPS) is 12.0. The minimum absolute atomic E-state index is 0.0825. The Morgan fingerprint density at radius 2 is 1.85 bits per heavy atom. The summed E-state index contributed by atoms with van der Waals surface area (Å²) in [6.45, 7) is 8.81. The van der Waals surface area contributed by atoms with E-state index in [1.807, 2.05) is 0 Å². The van der Waals surface area contributed by atoms with Gasteiger partial charge in [0.25, 0.3) is 5.91 Å². The third-order valence-corrected chi connectivity index (χ3v) is 3.41. The van der Waals surface area contributed by atoms with Crippen LogP contribution in [-0.2, 0) is 9.53 Å². The van der Waals surface area contributed by atoms with Gasteiger partial charge >= 0.3 is 12.0 Å². The second kappa shape index (κ2) is 9.45. The van der Waals surface area contributed by atoms with E-state index in [1.165, 1.54) is 26.2 Å². The highest BCUT2D eigenvalue weighted by molar-refractivity contribution is 6.32. The van der Waals surface area contributed by atoms with E-state index in [-0.39, 0.29) is 16.3 Å². The molecule has 1 rings (SSSR count). The first kappa shape index (κ1) is 22.6. The highest BCUT2D eigenvalue weighted by atomic mass is 35.5. The Labute approximate surface area is 163 Å². The number of amides is 3. The summed E-state index contributed by atoms with van der Waals surface area (Å²) in [7, 11) is 1.41. The van der Waals surface area contributed by atoms with Crippen LogP contribution < -0.4 is 20.1 Å². The predicted molar refractivity (Wildman–Crippen MR) is 100 cm³/mol. The van der Waals surface area contributed by atoms with Gasteiger partial charge in [0.1, 0.15) is 0 Å². The largest absolute Gasteiger partial charge is 0.493 e. The Kier molecular flexibility index (Phi) is 7.90. The van der Waals surface area contributed by atoms with Crippen LogP contribution in [0.5, 0.6) is 11.5 Å². The number of hydrogen-bond donors (Lipinski definition) is 2. The molecular formula is C18H25ClN2O6. The van der Waals surface area contributed by atoms with Crippen molar-refractivity contribution < 1.29 is 28.6 Å². The lowest BCUT2D eigenvalue weighted by Gasteiger charge is -2.21. The van der Waals surface area contributed by atoms with Crippen molar-refractivity contribution in [2.24, 2.45) is 0 Å². The first-order chi connectivity index (χ1) is 12.5. The van der Waals surface area contributed by atoms with E-state index in [1.54, 1.807) is 27.7 Å². The molecule has 0 aliphatic carbocycles. The van der Waals surface area contributed by atoms with Crippen LogP contribution in [0, 0.1) is 0 Å². The molecule has 0 radical (unpaired) electrons. The predicted octanol–water partition coefficient (Wildman–Crippen LogP) is 2.92. The number of ether oxygens (including phenoxy) is 3. The number of methoxy groups -OCH3 is 1. The molecule has 0 bridgehead atoms. The molecule has 0 saturated heterocycles. The standard InChI is InChI=1S/C18H25ClN2O6/c1-7-26-14-12(19)8-11(9-13(14)25-6)16(23)27-10(2)15(22)20-17(24)21-18(3,4)5/h8-10H,7H2,1-6H3,(H2,20,21,22,24). The van der Waals surface area contributed by atoms with E-state index in [0.29, 0.717) is 12.4 Å². The van der Waals surface area contributed by atoms with Crippen LogP contribution >= 0.6 is 11.6 Å². The van der Waals surface area contributed by atoms with E-state index in [9.17, 15) is 14.4 Å². The van der Waals surface area contributed by atoms with Crippen molar-refractivity contribution in [2.75, 3.05) is 13.7 Å². The van der Waals surface area contributed by atoms with Gasteiger partial charge in [0.2, 0.25) is 0 Å². The van der Waals surface area contributed by atoms with Crippen LogP contribution in [0.3, 0.4) is 0 Å². The molecular weight excluding hydrogens is 376 g/mol. The van der Waals surface area contributed by atoms with Crippen LogP contribution in [0.2, 0.25) is 5.02 Å². The quantitative estimate of drug-likeness (QED) is 0.711. The van der Waals surface area contributed by atoms with Crippen LogP contribution in [0.15, 0.2) is 12.1 Å². The SMILES string of the molecule is CCOc1c(Cl)cc(C(=O)OC(C)C(=O)NC(=O)NC(C)(C)C)cc1OC. The van der Waals surface area contributed by atoms with Crippen LogP contribution in [-0.4, -0.2) is 43.3 Å². The lowest BCUT2D eigenvalue weighted by atomic mass is 10.1.